The molecule has 1 aliphatic rings. The van der Waals surface area contributed by atoms with Crippen LogP contribution in [0.4, 0.5) is 0 Å². The zero-order chi connectivity index (χ0) is 9.42. The van der Waals surface area contributed by atoms with E-state index in [4.69, 9.17) is 9.47 Å². The van der Waals surface area contributed by atoms with Gasteiger partial charge in [-0.1, -0.05) is 0 Å². The van der Waals surface area contributed by atoms with E-state index < -0.39 is 0 Å². The molecule has 0 aliphatic heterocycles. The molecule has 1 aliphatic carbocycles. The first kappa shape index (κ1) is 8.42. The highest BCUT2D eigenvalue weighted by Gasteiger charge is 2.24. The maximum atomic E-state index is 5.20. The van der Waals surface area contributed by atoms with Crippen molar-refractivity contribution >= 4 is 0 Å². The van der Waals surface area contributed by atoms with Crippen LogP contribution in [0, 0.1) is 6.92 Å². The molecule has 0 unspecified atom stereocenters. The van der Waals surface area contributed by atoms with Crippen molar-refractivity contribution in [3.05, 3.63) is 30.2 Å². The normalized spacial score (nSPS) is 18.8. The molecule has 0 N–H and O–H groups in total. The van der Waals surface area contributed by atoms with Gasteiger partial charge in [0.1, 0.15) is 0 Å². The molecule has 2 heteroatoms. The lowest BCUT2D eigenvalue weighted by atomic mass is 9.78. The maximum Gasteiger partial charge on any atom is 0.161 e. The predicted molar refractivity (Wildman–Crippen MR) is 51.3 cm³/mol. The maximum absolute atomic E-state index is 5.20. The predicted octanol–water partition coefficient (Wildman–Crippen LogP) is 2.18. The summed E-state index contributed by atoms with van der Waals surface area (Å²) in [6.45, 7) is 4.02. The van der Waals surface area contributed by atoms with Crippen molar-refractivity contribution in [2.45, 2.75) is 12.3 Å². The Labute approximate surface area is 78.5 Å². The van der Waals surface area contributed by atoms with Gasteiger partial charge in [-0.3, -0.25) is 0 Å². The van der Waals surface area contributed by atoms with Crippen LogP contribution in [0.1, 0.15) is 17.0 Å². The van der Waals surface area contributed by atoms with Crippen molar-refractivity contribution in [1.29, 1.82) is 0 Å². The Kier molecular flexibility index (Phi) is 1.91. The van der Waals surface area contributed by atoms with E-state index in [0.29, 0.717) is 5.92 Å². The summed E-state index contributed by atoms with van der Waals surface area (Å²) in [5, 5.41) is 0. The van der Waals surface area contributed by atoms with Crippen molar-refractivity contribution in [2.24, 2.45) is 0 Å². The van der Waals surface area contributed by atoms with E-state index in [0.717, 1.165) is 17.9 Å². The summed E-state index contributed by atoms with van der Waals surface area (Å²) in [6, 6.07) is 4.06. The molecule has 0 saturated carbocycles. The van der Waals surface area contributed by atoms with Crippen LogP contribution < -0.4 is 9.47 Å². The Morgan fingerprint density at radius 2 is 1.85 bits per heavy atom. The van der Waals surface area contributed by atoms with Crippen molar-refractivity contribution in [3.8, 4) is 11.5 Å². The van der Waals surface area contributed by atoms with Crippen LogP contribution in [0.2, 0.25) is 0 Å². The number of hydrogen-bond acceptors (Lipinski definition) is 2. The zero-order valence-corrected chi connectivity index (χ0v) is 7.96. The average Bonchev–Trinajstić information content (AvgIpc) is 2.15. The Hall–Kier alpha value is -1.18. The second-order valence-corrected chi connectivity index (χ2v) is 3.31. The molecule has 0 aromatic heterocycles. The molecule has 2 rings (SSSR count). The molecular formula is C11H13O2. The fraction of sp³-hybridized carbons (Fsp3) is 0.364. The van der Waals surface area contributed by atoms with Gasteiger partial charge in [-0.2, -0.15) is 0 Å². The minimum absolute atomic E-state index is 0.426. The SMILES string of the molecule is [CH2][C@H]1Cc2cc(OC)c(OC)cc21. The third-order valence-corrected chi connectivity index (χ3v) is 2.55. The summed E-state index contributed by atoms with van der Waals surface area (Å²) >= 11 is 0. The minimum atomic E-state index is 0.426. The smallest absolute Gasteiger partial charge is 0.161 e. The highest BCUT2D eigenvalue weighted by molar-refractivity contribution is 5.53. The molecule has 0 heterocycles. The fourth-order valence-corrected chi connectivity index (χ4v) is 1.74. The summed E-state index contributed by atoms with van der Waals surface area (Å²) in [7, 11) is 3.31. The number of fused-ring (bicyclic) bond motifs is 1. The Morgan fingerprint density at radius 1 is 1.23 bits per heavy atom. The number of benzene rings is 1. The summed E-state index contributed by atoms with van der Waals surface area (Å²) in [4.78, 5) is 0. The molecule has 0 amide bonds. The van der Waals surface area contributed by atoms with Crippen LogP contribution in [-0.4, -0.2) is 14.2 Å². The Balaban J connectivity index is 2.45. The van der Waals surface area contributed by atoms with Crippen molar-refractivity contribution in [2.75, 3.05) is 14.2 Å². The Morgan fingerprint density at radius 3 is 2.38 bits per heavy atom. The summed E-state index contributed by atoms with van der Waals surface area (Å²) in [5.74, 6) is 2.04. The fourth-order valence-electron chi connectivity index (χ4n) is 1.74. The van der Waals surface area contributed by atoms with Crippen molar-refractivity contribution < 1.29 is 9.47 Å². The summed E-state index contributed by atoms with van der Waals surface area (Å²) < 4.78 is 10.4. The summed E-state index contributed by atoms with van der Waals surface area (Å²) in [5.41, 5.74) is 2.62. The van der Waals surface area contributed by atoms with Crippen LogP contribution in [0.5, 0.6) is 11.5 Å². The highest BCUT2D eigenvalue weighted by Crippen LogP contribution is 2.41. The van der Waals surface area contributed by atoms with Gasteiger partial charge in [0.15, 0.2) is 11.5 Å². The van der Waals surface area contributed by atoms with Gasteiger partial charge in [0.05, 0.1) is 14.2 Å². The van der Waals surface area contributed by atoms with Gasteiger partial charge in [0.2, 0.25) is 0 Å². The number of methoxy groups -OCH3 is 2. The first-order chi connectivity index (χ1) is 6.26. The van der Waals surface area contributed by atoms with E-state index in [-0.39, 0.29) is 0 Å². The van der Waals surface area contributed by atoms with Crippen LogP contribution in [-0.2, 0) is 6.42 Å². The minimum Gasteiger partial charge on any atom is -0.493 e. The van der Waals surface area contributed by atoms with E-state index in [1.165, 1.54) is 11.1 Å². The third-order valence-electron chi connectivity index (χ3n) is 2.55. The molecule has 0 bridgehead atoms. The van der Waals surface area contributed by atoms with Gasteiger partial charge in [-0.15, -0.1) is 0 Å². The van der Waals surface area contributed by atoms with Gasteiger partial charge in [-0.25, -0.2) is 0 Å². The van der Waals surface area contributed by atoms with Gasteiger partial charge in [-0.05, 0) is 42.5 Å². The molecule has 2 nitrogen and oxygen atoms in total. The molecule has 0 spiro atoms. The highest BCUT2D eigenvalue weighted by atomic mass is 16.5. The Bertz CT molecular complexity index is 331. The van der Waals surface area contributed by atoms with Gasteiger partial charge in [0.25, 0.3) is 0 Å². The van der Waals surface area contributed by atoms with Gasteiger partial charge in [0, 0.05) is 0 Å². The molecule has 1 radical (unpaired) electrons. The molecule has 69 valence electrons. The number of hydrogen-bond donors (Lipinski definition) is 0. The van der Waals surface area contributed by atoms with Crippen LogP contribution in [0.25, 0.3) is 0 Å². The second-order valence-electron chi connectivity index (χ2n) is 3.31. The monoisotopic (exact) mass is 177 g/mol. The van der Waals surface area contributed by atoms with E-state index in [9.17, 15) is 0 Å². The standard InChI is InChI=1S/C11H13O2/c1-7-4-8-5-10(12-2)11(13-3)6-9(7)8/h5-7H,1,4H2,2-3H3/t7-/m0/s1. The van der Waals surface area contributed by atoms with Gasteiger partial charge >= 0.3 is 0 Å². The van der Waals surface area contributed by atoms with Crippen LogP contribution >= 0.6 is 0 Å². The van der Waals surface area contributed by atoms with Gasteiger partial charge < -0.3 is 9.47 Å². The molecule has 0 fully saturated rings. The quantitative estimate of drug-likeness (QED) is 0.689. The molecule has 1 aromatic carbocycles. The lowest BCUT2D eigenvalue weighted by Gasteiger charge is -2.28. The first-order valence-electron chi connectivity index (χ1n) is 4.34. The third kappa shape index (κ3) is 1.17. The molecule has 1 aromatic rings. The van der Waals surface area contributed by atoms with E-state index in [1.54, 1.807) is 14.2 Å². The largest absolute Gasteiger partial charge is 0.493 e. The lowest BCUT2D eigenvalue weighted by molar-refractivity contribution is 0.352. The van der Waals surface area contributed by atoms with Crippen molar-refractivity contribution in [1.82, 2.24) is 0 Å². The molecule has 13 heavy (non-hydrogen) atoms. The van der Waals surface area contributed by atoms with E-state index in [2.05, 4.69) is 6.92 Å². The van der Waals surface area contributed by atoms with Crippen LogP contribution in [0.3, 0.4) is 0 Å². The first-order valence-corrected chi connectivity index (χ1v) is 4.34. The van der Waals surface area contributed by atoms with Crippen LogP contribution in [0.15, 0.2) is 12.1 Å². The van der Waals surface area contributed by atoms with Crippen molar-refractivity contribution in [3.63, 3.8) is 0 Å². The molecular weight excluding hydrogens is 164 g/mol. The number of rotatable bonds is 2. The van der Waals surface area contributed by atoms with E-state index in [1.807, 2.05) is 12.1 Å². The lowest BCUT2D eigenvalue weighted by Crippen LogP contribution is -2.14. The number of ether oxygens (including phenoxy) is 2. The second kappa shape index (κ2) is 2.95. The average molecular weight is 177 g/mol. The summed E-state index contributed by atoms with van der Waals surface area (Å²) in [6.07, 6.45) is 1.05. The topological polar surface area (TPSA) is 18.5 Å². The molecule has 1 atom stereocenters. The molecule has 0 saturated heterocycles. The zero-order valence-electron chi connectivity index (χ0n) is 7.96. The van der Waals surface area contributed by atoms with E-state index >= 15 is 0 Å².